The molecule has 0 aliphatic rings. The Morgan fingerprint density at radius 3 is 2.40 bits per heavy atom. The molecule has 10 heavy (non-hydrogen) atoms. The number of alkyl halides is 2. The van der Waals surface area contributed by atoms with Gasteiger partial charge < -0.3 is 5.11 Å². The summed E-state index contributed by atoms with van der Waals surface area (Å²) in [5.74, 6) is -0.919. The van der Waals surface area contributed by atoms with Gasteiger partial charge in [-0.05, 0) is 0 Å². The van der Waals surface area contributed by atoms with E-state index in [-0.39, 0.29) is 9.65 Å². The molecule has 0 aromatic carbocycles. The molecule has 0 aromatic rings. The zero-order valence-electron chi connectivity index (χ0n) is 5.42. The quantitative estimate of drug-likeness (QED) is 0.631. The number of halogens is 2. The number of hydrogen-bond donors (Lipinski definition) is 1. The number of carboxylic acid groups (broad SMARTS) is 1. The van der Waals surface area contributed by atoms with E-state index in [0.717, 1.165) is 6.08 Å². The van der Waals surface area contributed by atoms with Gasteiger partial charge in [0.15, 0.2) is 0 Å². The Bertz CT molecular complexity index is 143. The van der Waals surface area contributed by atoms with Gasteiger partial charge in [-0.2, -0.15) is 0 Å². The molecule has 0 spiro atoms. The van der Waals surface area contributed by atoms with Crippen LogP contribution in [0.3, 0.4) is 0 Å². The van der Waals surface area contributed by atoms with Crippen molar-refractivity contribution in [3.05, 3.63) is 12.2 Å². The van der Waals surface area contributed by atoms with Gasteiger partial charge in [-0.15, -0.1) is 0 Å². The average molecular weight is 272 g/mol. The van der Waals surface area contributed by atoms with E-state index in [1.54, 1.807) is 6.08 Å². The number of aliphatic carboxylic acids is 1. The van der Waals surface area contributed by atoms with E-state index in [0.29, 0.717) is 0 Å². The van der Waals surface area contributed by atoms with Crippen LogP contribution in [0.25, 0.3) is 0 Å². The summed E-state index contributed by atoms with van der Waals surface area (Å²) in [5, 5.41) is 8.22. The molecule has 0 radical (unpaired) electrons. The fourth-order valence-corrected chi connectivity index (χ4v) is 0.656. The van der Waals surface area contributed by atoms with Gasteiger partial charge in [-0.25, -0.2) is 4.79 Å². The van der Waals surface area contributed by atoms with Gasteiger partial charge in [-0.1, -0.05) is 44.9 Å². The Morgan fingerprint density at radius 1 is 1.60 bits per heavy atom. The van der Waals surface area contributed by atoms with Gasteiger partial charge in [0.1, 0.15) is 0 Å². The van der Waals surface area contributed by atoms with Crippen LogP contribution < -0.4 is 0 Å². The maximum Gasteiger partial charge on any atom is 0.328 e. The molecule has 4 heteroatoms. The lowest BCUT2D eigenvalue weighted by atomic mass is 10.3. The van der Waals surface area contributed by atoms with Crippen molar-refractivity contribution in [2.75, 3.05) is 0 Å². The molecular formula is C6H8Br2O2. The van der Waals surface area contributed by atoms with Crippen LogP contribution in [0.5, 0.6) is 0 Å². The highest BCUT2D eigenvalue weighted by Crippen LogP contribution is 2.14. The zero-order valence-corrected chi connectivity index (χ0v) is 8.59. The minimum absolute atomic E-state index is 0.0728. The van der Waals surface area contributed by atoms with Gasteiger partial charge in [0.2, 0.25) is 0 Å². The van der Waals surface area contributed by atoms with Crippen LogP contribution in [0, 0.1) is 0 Å². The number of allylic oxidation sites excluding steroid dienone is 1. The molecule has 0 amide bonds. The molecule has 2 nitrogen and oxygen atoms in total. The van der Waals surface area contributed by atoms with Crippen molar-refractivity contribution in [2.45, 2.75) is 16.6 Å². The Labute approximate surface area is 76.6 Å². The minimum atomic E-state index is -0.919. The smallest absolute Gasteiger partial charge is 0.328 e. The highest BCUT2D eigenvalue weighted by Gasteiger charge is 2.05. The first-order valence-electron chi connectivity index (χ1n) is 2.73. The lowest BCUT2D eigenvalue weighted by Gasteiger charge is -2.04. The maximum absolute atomic E-state index is 10.0. The number of carboxylic acids is 1. The van der Waals surface area contributed by atoms with Crippen LogP contribution in [0.15, 0.2) is 12.2 Å². The number of carbonyl (C=O) groups is 1. The first-order valence-corrected chi connectivity index (χ1v) is 4.56. The van der Waals surface area contributed by atoms with Crippen LogP contribution in [0.2, 0.25) is 0 Å². The molecule has 0 rings (SSSR count). The van der Waals surface area contributed by atoms with E-state index in [1.165, 1.54) is 0 Å². The Balaban J connectivity index is 3.77. The van der Waals surface area contributed by atoms with Crippen molar-refractivity contribution < 1.29 is 9.90 Å². The van der Waals surface area contributed by atoms with Crippen LogP contribution >= 0.6 is 31.9 Å². The second kappa shape index (κ2) is 4.91. The SMILES string of the molecule is C[C@H](Br)[C@H](Br)/C=C/C(=O)O. The third-order valence-corrected chi connectivity index (χ3v) is 3.24. The predicted molar refractivity (Wildman–Crippen MR) is 47.9 cm³/mol. The van der Waals surface area contributed by atoms with E-state index in [4.69, 9.17) is 5.11 Å². The summed E-state index contributed by atoms with van der Waals surface area (Å²) in [5.41, 5.74) is 0. The Hall–Kier alpha value is 0.170. The second-order valence-electron chi connectivity index (χ2n) is 1.82. The lowest BCUT2D eigenvalue weighted by Crippen LogP contribution is -2.06. The van der Waals surface area contributed by atoms with Crippen molar-refractivity contribution in [3.8, 4) is 0 Å². The fraction of sp³-hybridized carbons (Fsp3) is 0.500. The predicted octanol–water partition coefficient (Wildman–Crippen LogP) is 2.17. The third kappa shape index (κ3) is 4.99. The molecule has 0 bridgehead atoms. The topological polar surface area (TPSA) is 37.3 Å². The zero-order chi connectivity index (χ0) is 8.15. The third-order valence-electron chi connectivity index (χ3n) is 0.861. The van der Waals surface area contributed by atoms with Crippen molar-refractivity contribution in [2.24, 2.45) is 0 Å². The van der Waals surface area contributed by atoms with Gasteiger partial charge in [0, 0.05) is 15.7 Å². The Morgan fingerprint density at radius 2 is 2.10 bits per heavy atom. The molecule has 0 saturated carbocycles. The van der Waals surface area contributed by atoms with Crippen LogP contribution in [0.4, 0.5) is 0 Å². The molecule has 0 fully saturated rings. The van der Waals surface area contributed by atoms with Crippen LogP contribution in [0.1, 0.15) is 6.92 Å². The molecule has 1 N–H and O–H groups in total. The number of rotatable bonds is 3. The molecule has 0 saturated heterocycles. The summed E-state index contributed by atoms with van der Waals surface area (Å²) >= 11 is 6.57. The number of hydrogen-bond acceptors (Lipinski definition) is 1. The molecular weight excluding hydrogens is 264 g/mol. The molecule has 58 valence electrons. The molecule has 2 atom stereocenters. The van der Waals surface area contributed by atoms with Crippen LogP contribution in [-0.2, 0) is 4.79 Å². The highest BCUT2D eigenvalue weighted by molar-refractivity contribution is 9.12. The van der Waals surface area contributed by atoms with Crippen LogP contribution in [-0.4, -0.2) is 20.7 Å². The van der Waals surface area contributed by atoms with Crippen molar-refractivity contribution in [3.63, 3.8) is 0 Å². The fourth-order valence-electron chi connectivity index (χ4n) is 0.327. The van der Waals surface area contributed by atoms with Crippen molar-refractivity contribution in [1.82, 2.24) is 0 Å². The van der Waals surface area contributed by atoms with E-state index in [2.05, 4.69) is 31.9 Å². The first-order chi connectivity index (χ1) is 4.54. The largest absolute Gasteiger partial charge is 0.478 e. The summed E-state index contributed by atoms with van der Waals surface area (Å²) in [4.78, 5) is 10.3. The van der Waals surface area contributed by atoms with Crippen molar-refractivity contribution in [1.29, 1.82) is 0 Å². The van der Waals surface area contributed by atoms with E-state index >= 15 is 0 Å². The molecule has 0 heterocycles. The summed E-state index contributed by atoms with van der Waals surface area (Å²) in [6, 6.07) is 0. The normalized spacial score (nSPS) is 17.1. The van der Waals surface area contributed by atoms with Gasteiger partial charge in [0.05, 0.1) is 0 Å². The molecule has 0 aliphatic heterocycles. The minimum Gasteiger partial charge on any atom is -0.478 e. The molecule has 0 unspecified atom stereocenters. The summed E-state index contributed by atoms with van der Waals surface area (Å²) < 4.78 is 0. The highest BCUT2D eigenvalue weighted by atomic mass is 79.9. The van der Waals surface area contributed by atoms with Crippen molar-refractivity contribution >= 4 is 37.8 Å². The van der Waals surface area contributed by atoms with Gasteiger partial charge in [-0.3, -0.25) is 0 Å². The first kappa shape index (κ1) is 10.2. The van der Waals surface area contributed by atoms with Gasteiger partial charge >= 0.3 is 5.97 Å². The summed E-state index contributed by atoms with van der Waals surface area (Å²) in [6.07, 6.45) is 2.71. The van der Waals surface area contributed by atoms with E-state index in [1.807, 2.05) is 6.92 Å². The summed E-state index contributed by atoms with van der Waals surface area (Å²) in [7, 11) is 0. The summed E-state index contributed by atoms with van der Waals surface area (Å²) in [6.45, 7) is 1.94. The standard InChI is InChI=1S/C6H8Br2O2/c1-4(7)5(8)2-3-6(9)10/h2-5H,1H3,(H,9,10)/b3-2+/t4-,5+/m0/s1. The van der Waals surface area contributed by atoms with E-state index < -0.39 is 5.97 Å². The van der Waals surface area contributed by atoms with E-state index in [9.17, 15) is 4.79 Å². The second-order valence-corrected chi connectivity index (χ2v) is 4.32. The van der Waals surface area contributed by atoms with Gasteiger partial charge in [0.25, 0.3) is 0 Å². The monoisotopic (exact) mass is 270 g/mol. The maximum atomic E-state index is 10.0. The Kier molecular flexibility index (Phi) is 4.99. The molecule has 0 aromatic heterocycles. The average Bonchev–Trinajstić information content (AvgIpc) is 1.82. The molecule has 0 aliphatic carbocycles. The lowest BCUT2D eigenvalue weighted by molar-refractivity contribution is -0.131.